The molecule has 1 atom stereocenters. The van der Waals surface area contributed by atoms with E-state index < -0.39 is 17.9 Å². The summed E-state index contributed by atoms with van der Waals surface area (Å²) >= 11 is 0. The minimum absolute atomic E-state index is 0.161. The number of carbonyl (C=O) groups excluding carboxylic acids is 3. The summed E-state index contributed by atoms with van der Waals surface area (Å²) in [6.07, 6.45) is 5.48. The Morgan fingerprint density at radius 1 is 0.952 bits per heavy atom. The van der Waals surface area contributed by atoms with Gasteiger partial charge in [-0.05, 0) is 62.1 Å². The molecule has 42 heavy (non-hydrogen) atoms. The van der Waals surface area contributed by atoms with Crippen molar-refractivity contribution in [2.45, 2.75) is 38.6 Å². The summed E-state index contributed by atoms with van der Waals surface area (Å²) in [6, 6.07) is 15.0. The van der Waals surface area contributed by atoms with Gasteiger partial charge in [0.15, 0.2) is 0 Å². The monoisotopic (exact) mass is 569 g/mol. The van der Waals surface area contributed by atoms with Crippen LogP contribution in [0.2, 0.25) is 0 Å². The number of anilines is 2. The van der Waals surface area contributed by atoms with Crippen LogP contribution in [0.5, 0.6) is 0 Å². The number of rotatable bonds is 9. The number of carboxylic acid groups (broad SMARTS) is 1. The second-order valence-electron chi connectivity index (χ2n) is 10.9. The van der Waals surface area contributed by atoms with E-state index in [9.17, 15) is 24.3 Å². The van der Waals surface area contributed by atoms with Gasteiger partial charge in [-0.3, -0.25) is 24.2 Å². The molecule has 2 heterocycles. The minimum atomic E-state index is -1.03. The number of amides is 3. The zero-order valence-corrected chi connectivity index (χ0v) is 23.6. The molecule has 3 N–H and O–H groups in total. The number of nitrogens with one attached hydrogen (secondary N) is 2. The van der Waals surface area contributed by atoms with Crippen molar-refractivity contribution in [2.75, 3.05) is 36.4 Å². The molecule has 10 nitrogen and oxygen atoms in total. The highest BCUT2D eigenvalue weighted by Crippen LogP contribution is 2.33. The number of hydrogen-bond acceptors (Lipinski definition) is 6. The fraction of sp³-hybridized carbons (Fsp3) is 0.344. The number of carboxylic acids is 1. The zero-order valence-electron chi connectivity index (χ0n) is 23.6. The molecule has 2 aromatic carbocycles. The Balaban J connectivity index is 1.40. The maximum absolute atomic E-state index is 13.4. The van der Waals surface area contributed by atoms with E-state index in [1.807, 2.05) is 36.1 Å². The quantitative estimate of drug-likeness (QED) is 0.354. The van der Waals surface area contributed by atoms with Crippen molar-refractivity contribution in [3.05, 3.63) is 89.2 Å². The van der Waals surface area contributed by atoms with Crippen molar-refractivity contribution < 1.29 is 24.3 Å². The number of carbonyl (C=O) groups is 4. The van der Waals surface area contributed by atoms with Crippen molar-refractivity contribution in [2.24, 2.45) is 5.92 Å². The van der Waals surface area contributed by atoms with Crippen molar-refractivity contribution in [1.29, 1.82) is 0 Å². The maximum Gasteiger partial charge on any atom is 0.305 e. The largest absolute Gasteiger partial charge is 0.481 e. The van der Waals surface area contributed by atoms with Crippen LogP contribution in [0, 0.1) is 12.8 Å². The van der Waals surface area contributed by atoms with Crippen LogP contribution in [0.25, 0.3) is 0 Å². The van der Waals surface area contributed by atoms with Crippen LogP contribution in [0.3, 0.4) is 0 Å². The molecular weight excluding hydrogens is 534 g/mol. The van der Waals surface area contributed by atoms with Crippen LogP contribution in [0.1, 0.15) is 63.6 Å². The Kier molecular flexibility index (Phi) is 8.80. The molecule has 1 saturated carbocycles. The van der Waals surface area contributed by atoms with Crippen molar-refractivity contribution >= 4 is 35.1 Å². The third-order valence-electron chi connectivity index (χ3n) is 7.67. The average molecular weight is 570 g/mol. The topological polar surface area (TPSA) is 132 Å². The van der Waals surface area contributed by atoms with Gasteiger partial charge < -0.3 is 25.5 Å². The Morgan fingerprint density at radius 3 is 2.43 bits per heavy atom. The Hall–Kier alpha value is -4.73. The molecule has 10 heteroatoms. The number of hydrogen-bond donors (Lipinski definition) is 3. The molecule has 1 aliphatic heterocycles. The van der Waals surface area contributed by atoms with Gasteiger partial charge in [-0.25, -0.2) is 0 Å². The number of aromatic nitrogens is 1. The number of aryl methyl sites for hydroxylation is 1. The molecule has 5 rings (SSSR count). The van der Waals surface area contributed by atoms with Crippen molar-refractivity contribution in [3.63, 3.8) is 0 Å². The first-order valence-electron chi connectivity index (χ1n) is 14.3. The van der Waals surface area contributed by atoms with Gasteiger partial charge in [0.25, 0.3) is 11.8 Å². The molecule has 3 aromatic rings. The van der Waals surface area contributed by atoms with Crippen molar-refractivity contribution in [1.82, 2.24) is 15.2 Å². The van der Waals surface area contributed by atoms with Crippen LogP contribution < -0.4 is 15.5 Å². The summed E-state index contributed by atoms with van der Waals surface area (Å²) in [5.41, 5.74) is 3.55. The number of aliphatic carboxylic acids is 1. The number of benzene rings is 2. The van der Waals surface area contributed by atoms with Gasteiger partial charge in [-0.2, -0.15) is 0 Å². The van der Waals surface area contributed by atoms with Crippen LogP contribution in [-0.2, 0) is 9.59 Å². The molecule has 0 radical (unpaired) electrons. The Morgan fingerprint density at radius 2 is 1.74 bits per heavy atom. The molecule has 1 aromatic heterocycles. The lowest BCUT2D eigenvalue weighted by Crippen LogP contribution is -2.36. The fourth-order valence-corrected chi connectivity index (χ4v) is 5.18. The van der Waals surface area contributed by atoms with Gasteiger partial charge in [-0.15, -0.1) is 0 Å². The molecule has 3 amide bonds. The molecule has 1 unspecified atom stereocenters. The highest BCUT2D eigenvalue weighted by Gasteiger charge is 2.34. The highest BCUT2D eigenvalue weighted by molar-refractivity contribution is 6.07. The predicted molar refractivity (Wildman–Crippen MR) is 158 cm³/mol. The molecule has 2 aliphatic rings. The van der Waals surface area contributed by atoms with E-state index in [4.69, 9.17) is 0 Å². The van der Waals surface area contributed by atoms with Crippen molar-refractivity contribution in [3.8, 4) is 0 Å². The molecule has 0 bridgehead atoms. The summed E-state index contributed by atoms with van der Waals surface area (Å²) in [5, 5.41) is 15.3. The third kappa shape index (κ3) is 7.12. The molecule has 2 fully saturated rings. The smallest absolute Gasteiger partial charge is 0.305 e. The summed E-state index contributed by atoms with van der Waals surface area (Å²) in [6.45, 7) is 4.48. The first kappa shape index (κ1) is 28.8. The summed E-state index contributed by atoms with van der Waals surface area (Å²) in [7, 11) is 0. The van der Waals surface area contributed by atoms with Gasteiger partial charge in [0, 0.05) is 50.1 Å². The molecule has 1 aliphatic carbocycles. The standard InChI is InChI=1S/C32H35N5O5/c1-21-5-7-22(8-6-21)26(19-29(38)39)34-30(40)24-11-12-28(27(18-24)35-31(41)25-4-2-13-33-20-25)36-14-3-15-37(17-16-36)32(42)23-9-10-23/h2,4-8,11-13,18,20,23,26H,3,9-10,14-17,19H2,1H3,(H,34,40)(H,35,41)(H,38,39). The zero-order chi connectivity index (χ0) is 29.6. The SMILES string of the molecule is Cc1ccc(C(CC(=O)O)NC(=O)c2ccc(N3CCCN(C(=O)C4CC4)CC3)c(NC(=O)c3cccnc3)c2)cc1. The van der Waals surface area contributed by atoms with E-state index in [1.165, 1.54) is 6.20 Å². The lowest BCUT2D eigenvalue weighted by molar-refractivity contribution is -0.137. The molecular formula is C32H35N5O5. The maximum atomic E-state index is 13.4. The third-order valence-corrected chi connectivity index (χ3v) is 7.67. The normalized spacial score (nSPS) is 15.8. The fourth-order valence-electron chi connectivity index (χ4n) is 5.18. The predicted octanol–water partition coefficient (Wildman–Crippen LogP) is 4.04. The summed E-state index contributed by atoms with van der Waals surface area (Å²) in [4.78, 5) is 58.9. The van der Waals surface area contributed by atoms with Crippen LogP contribution in [0.15, 0.2) is 67.0 Å². The summed E-state index contributed by atoms with van der Waals surface area (Å²) < 4.78 is 0. The molecule has 1 saturated heterocycles. The average Bonchev–Trinajstić information content (AvgIpc) is 3.85. The Labute approximate surface area is 244 Å². The van der Waals surface area contributed by atoms with Crippen LogP contribution >= 0.6 is 0 Å². The van der Waals surface area contributed by atoms with E-state index in [0.717, 1.165) is 30.5 Å². The molecule has 218 valence electrons. The number of nitrogens with zero attached hydrogens (tertiary/aromatic N) is 3. The summed E-state index contributed by atoms with van der Waals surface area (Å²) in [5.74, 6) is -1.48. The second-order valence-corrected chi connectivity index (χ2v) is 10.9. The van der Waals surface area contributed by atoms with Crippen LogP contribution in [-0.4, -0.2) is 64.9 Å². The van der Waals surface area contributed by atoms with Gasteiger partial charge in [-0.1, -0.05) is 29.8 Å². The number of pyridine rings is 1. The van der Waals surface area contributed by atoms with Gasteiger partial charge in [0.05, 0.1) is 29.4 Å². The van der Waals surface area contributed by atoms with Crippen LogP contribution in [0.4, 0.5) is 11.4 Å². The lowest BCUT2D eigenvalue weighted by Gasteiger charge is -2.27. The van der Waals surface area contributed by atoms with Gasteiger partial charge in [0.1, 0.15) is 0 Å². The second kappa shape index (κ2) is 12.8. The highest BCUT2D eigenvalue weighted by atomic mass is 16.4. The van der Waals surface area contributed by atoms with Gasteiger partial charge in [0.2, 0.25) is 5.91 Å². The first-order chi connectivity index (χ1) is 20.3. The Bertz CT molecular complexity index is 1460. The van der Waals surface area contributed by atoms with E-state index in [0.29, 0.717) is 43.0 Å². The van der Waals surface area contributed by atoms with E-state index >= 15 is 0 Å². The van der Waals surface area contributed by atoms with E-state index in [-0.39, 0.29) is 29.7 Å². The van der Waals surface area contributed by atoms with Gasteiger partial charge >= 0.3 is 5.97 Å². The lowest BCUT2D eigenvalue weighted by atomic mass is 10.0. The first-order valence-corrected chi connectivity index (χ1v) is 14.3. The molecule has 0 spiro atoms. The minimum Gasteiger partial charge on any atom is -0.481 e. The van der Waals surface area contributed by atoms with E-state index in [2.05, 4.69) is 20.5 Å². The van der Waals surface area contributed by atoms with E-state index in [1.54, 1.807) is 36.5 Å².